The molecular weight excluding hydrogens is 520 g/mol. The second-order valence-corrected chi connectivity index (χ2v) is 11.1. The van der Waals surface area contributed by atoms with Crippen LogP contribution in [0.15, 0.2) is 54.6 Å². The highest BCUT2D eigenvalue weighted by molar-refractivity contribution is 5.94. The van der Waals surface area contributed by atoms with Gasteiger partial charge in [-0.05, 0) is 82.9 Å². The average molecular weight is 557 g/mol. The number of hydrogen-bond donors (Lipinski definition) is 5. The molecule has 0 radical (unpaired) electrons. The van der Waals surface area contributed by atoms with Gasteiger partial charge in [-0.25, -0.2) is 9.78 Å². The van der Waals surface area contributed by atoms with E-state index in [4.69, 9.17) is 9.72 Å². The van der Waals surface area contributed by atoms with Crippen molar-refractivity contribution in [3.63, 3.8) is 0 Å². The number of benzene rings is 2. The van der Waals surface area contributed by atoms with Gasteiger partial charge in [-0.3, -0.25) is 9.89 Å². The zero-order valence-electron chi connectivity index (χ0n) is 23.6. The van der Waals surface area contributed by atoms with Crippen molar-refractivity contribution < 1.29 is 14.3 Å². The number of unbranched alkanes of at least 4 members (excludes halogenated alkanes) is 1. The molecule has 2 heterocycles. The topological polar surface area (TPSA) is 146 Å². The van der Waals surface area contributed by atoms with Crippen LogP contribution in [0, 0.1) is 0 Å². The molecule has 11 nitrogen and oxygen atoms in total. The van der Waals surface area contributed by atoms with E-state index >= 15 is 0 Å². The molecule has 214 valence electrons. The normalized spacial score (nSPS) is 13.0. The molecule has 0 saturated heterocycles. The van der Waals surface area contributed by atoms with Gasteiger partial charge in [-0.1, -0.05) is 12.1 Å². The van der Waals surface area contributed by atoms with Crippen LogP contribution in [-0.2, 0) is 4.74 Å². The minimum Gasteiger partial charge on any atom is -0.444 e. The summed E-state index contributed by atoms with van der Waals surface area (Å²) in [7, 11) is 0. The summed E-state index contributed by atoms with van der Waals surface area (Å²) in [5.74, 6) is 2.23. The Bertz CT molecular complexity index is 1510. The van der Waals surface area contributed by atoms with Crippen LogP contribution >= 0.6 is 0 Å². The molecule has 1 fully saturated rings. The second kappa shape index (κ2) is 12.2. The summed E-state index contributed by atoms with van der Waals surface area (Å²) in [6, 6.07) is 17.0. The third-order valence-electron chi connectivity index (χ3n) is 6.43. The molecule has 0 bridgehead atoms. The number of rotatable bonds is 11. The van der Waals surface area contributed by atoms with Gasteiger partial charge in [-0.2, -0.15) is 10.1 Å². The Morgan fingerprint density at radius 1 is 0.951 bits per heavy atom. The van der Waals surface area contributed by atoms with Crippen LogP contribution in [0.1, 0.15) is 68.4 Å². The number of fused-ring (bicyclic) bond motifs is 1. The maximum absolute atomic E-state index is 12.6. The van der Waals surface area contributed by atoms with E-state index in [0.717, 1.165) is 40.9 Å². The highest BCUT2D eigenvalue weighted by Crippen LogP contribution is 2.39. The lowest BCUT2D eigenvalue weighted by Gasteiger charge is -2.19. The number of aromatic nitrogens is 4. The van der Waals surface area contributed by atoms with Crippen LogP contribution in [0.25, 0.3) is 10.9 Å². The molecule has 5 rings (SSSR count). The quantitative estimate of drug-likeness (QED) is 0.147. The van der Waals surface area contributed by atoms with Crippen molar-refractivity contribution >= 4 is 46.2 Å². The van der Waals surface area contributed by atoms with E-state index in [9.17, 15) is 9.59 Å². The number of H-pyrrole nitrogens is 1. The Kier molecular flexibility index (Phi) is 8.32. The van der Waals surface area contributed by atoms with Gasteiger partial charge in [0.05, 0.1) is 5.52 Å². The van der Waals surface area contributed by atoms with Gasteiger partial charge in [0, 0.05) is 47.4 Å². The molecule has 1 saturated carbocycles. The fraction of sp³-hybridized carbons (Fsp3) is 0.367. The summed E-state index contributed by atoms with van der Waals surface area (Å²) in [4.78, 5) is 33.6. The molecule has 2 aromatic heterocycles. The minimum atomic E-state index is -0.522. The predicted molar refractivity (Wildman–Crippen MR) is 159 cm³/mol. The molecule has 5 N–H and O–H groups in total. The van der Waals surface area contributed by atoms with Gasteiger partial charge >= 0.3 is 6.09 Å². The molecule has 0 spiro atoms. The van der Waals surface area contributed by atoms with Crippen LogP contribution in [0.4, 0.5) is 28.1 Å². The monoisotopic (exact) mass is 556 g/mol. The summed E-state index contributed by atoms with van der Waals surface area (Å²) in [6.45, 7) is 6.46. The summed E-state index contributed by atoms with van der Waals surface area (Å²) in [5.41, 5.74) is 2.72. The van der Waals surface area contributed by atoms with Crippen molar-refractivity contribution in [2.45, 2.75) is 58.0 Å². The number of nitrogens with zero attached hydrogens (tertiary/aromatic N) is 3. The van der Waals surface area contributed by atoms with Gasteiger partial charge in [-0.15, -0.1) is 0 Å². The number of nitrogens with one attached hydrogen (secondary N) is 5. The van der Waals surface area contributed by atoms with E-state index in [1.807, 2.05) is 63.2 Å². The van der Waals surface area contributed by atoms with Crippen molar-refractivity contribution in [3.8, 4) is 0 Å². The Morgan fingerprint density at radius 2 is 1.68 bits per heavy atom. The number of aromatic amines is 1. The summed E-state index contributed by atoms with van der Waals surface area (Å²) < 4.78 is 5.21. The molecule has 0 aliphatic heterocycles. The largest absolute Gasteiger partial charge is 0.444 e. The lowest BCUT2D eigenvalue weighted by Crippen LogP contribution is -2.33. The van der Waals surface area contributed by atoms with E-state index in [1.165, 1.54) is 12.8 Å². The molecule has 4 aromatic rings. The number of carbonyl (C=O) groups is 2. The molecule has 11 heteroatoms. The van der Waals surface area contributed by atoms with E-state index in [-0.39, 0.29) is 5.91 Å². The predicted octanol–water partition coefficient (Wildman–Crippen LogP) is 5.75. The number of carbonyl (C=O) groups excluding carboxylic acids is 2. The van der Waals surface area contributed by atoms with E-state index < -0.39 is 11.7 Å². The van der Waals surface area contributed by atoms with Crippen molar-refractivity contribution in [1.82, 2.24) is 30.8 Å². The van der Waals surface area contributed by atoms with Gasteiger partial charge < -0.3 is 26.0 Å². The number of hydrogen-bond acceptors (Lipinski definition) is 8. The van der Waals surface area contributed by atoms with E-state index in [0.29, 0.717) is 36.3 Å². The van der Waals surface area contributed by atoms with Crippen LogP contribution in [0.2, 0.25) is 0 Å². The highest BCUT2D eigenvalue weighted by Gasteiger charge is 2.25. The molecule has 41 heavy (non-hydrogen) atoms. The standard InChI is InChI=1S/C30H36N8O3/c1-30(2,3)41-29(40)32-17-7-6-16-31-27(39)20-12-14-21(15-13-20)33-28-34-23-9-5-4-8-22(23)26(36-28)35-25-18-24(37-38-25)19-10-11-19/h4-5,8-9,12-15,18-19H,6-7,10-11,16-17H2,1-3H3,(H,31,39)(H,32,40)(H3,33,34,35,36,37,38). The maximum Gasteiger partial charge on any atom is 0.407 e. The minimum absolute atomic E-state index is 0.158. The van der Waals surface area contributed by atoms with Gasteiger partial charge in [0.1, 0.15) is 11.4 Å². The average Bonchev–Trinajstić information content (AvgIpc) is 3.68. The summed E-state index contributed by atoms with van der Waals surface area (Å²) in [6.07, 6.45) is 3.42. The number of ether oxygens (including phenoxy) is 1. The second-order valence-electron chi connectivity index (χ2n) is 11.1. The van der Waals surface area contributed by atoms with Crippen LogP contribution < -0.4 is 21.3 Å². The maximum atomic E-state index is 12.6. The zero-order valence-corrected chi connectivity index (χ0v) is 23.6. The smallest absolute Gasteiger partial charge is 0.407 e. The summed E-state index contributed by atoms with van der Waals surface area (Å²) in [5, 5.41) is 20.6. The van der Waals surface area contributed by atoms with Crippen molar-refractivity contribution in [2.24, 2.45) is 0 Å². The van der Waals surface area contributed by atoms with Gasteiger partial charge in [0.15, 0.2) is 5.82 Å². The van der Waals surface area contributed by atoms with Crippen LogP contribution in [0.3, 0.4) is 0 Å². The number of para-hydroxylation sites is 1. The lowest BCUT2D eigenvalue weighted by atomic mass is 10.2. The first-order valence-electron chi connectivity index (χ1n) is 13.9. The first kappa shape index (κ1) is 27.9. The van der Waals surface area contributed by atoms with E-state index in [2.05, 4.69) is 36.4 Å². The molecule has 1 aliphatic carbocycles. The van der Waals surface area contributed by atoms with Crippen LogP contribution in [-0.4, -0.2) is 50.9 Å². The van der Waals surface area contributed by atoms with Crippen molar-refractivity contribution in [2.75, 3.05) is 23.7 Å². The molecular formula is C30H36N8O3. The van der Waals surface area contributed by atoms with E-state index in [1.54, 1.807) is 12.1 Å². The SMILES string of the molecule is CC(C)(C)OC(=O)NCCCCNC(=O)c1ccc(Nc2nc(Nc3cc(C4CC4)[nH]n3)c3ccccc3n2)cc1. The lowest BCUT2D eigenvalue weighted by molar-refractivity contribution is 0.0526. The Morgan fingerprint density at radius 3 is 2.41 bits per heavy atom. The third kappa shape index (κ3) is 7.93. The number of alkyl carbamates (subject to hydrolysis) is 1. The Hall–Kier alpha value is -4.67. The zero-order chi connectivity index (χ0) is 28.8. The molecule has 2 aromatic carbocycles. The van der Waals surface area contributed by atoms with Crippen LogP contribution in [0.5, 0.6) is 0 Å². The fourth-order valence-electron chi connectivity index (χ4n) is 4.25. The fourth-order valence-corrected chi connectivity index (χ4v) is 4.25. The first-order chi connectivity index (χ1) is 19.7. The summed E-state index contributed by atoms with van der Waals surface area (Å²) >= 11 is 0. The first-order valence-corrected chi connectivity index (χ1v) is 13.9. The van der Waals surface area contributed by atoms with Gasteiger partial charge in [0.25, 0.3) is 5.91 Å². The number of anilines is 4. The molecule has 0 unspecified atom stereocenters. The van der Waals surface area contributed by atoms with Gasteiger partial charge in [0.2, 0.25) is 5.95 Å². The molecule has 0 atom stereocenters. The van der Waals surface area contributed by atoms with Crippen molar-refractivity contribution in [1.29, 1.82) is 0 Å². The molecule has 1 aliphatic rings. The highest BCUT2D eigenvalue weighted by atomic mass is 16.6. The molecule has 2 amide bonds. The Balaban J connectivity index is 1.14. The van der Waals surface area contributed by atoms with Crippen molar-refractivity contribution in [3.05, 3.63) is 65.9 Å². The third-order valence-corrected chi connectivity index (χ3v) is 6.43. The Labute approximate surface area is 238 Å². The number of amides is 2.